The Morgan fingerprint density at radius 1 is 0.971 bits per heavy atom. The molecule has 3 unspecified atom stereocenters. The molecule has 2 aromatic carbocycles. The molecule has 0 radical (unpaired) electrons. The number of hydroxylamine groups is 1. The standard InChI is InChI=1S/C24H32N4O6/c1-3-4-14-34-18-12-10-17(11-13-18)26-20(21(29)24(32)28-33)23(31)27-19(22(30)25-2)15-16-8-6-5-7-9-16/h5-13,19-21,26,29,33H,3-4,14-15H2,1-2H3,(H,25,30)(H,27,31)(H,28,32). The molecule has 10 heteroatoms. The molecule has 0 aliphatic heterocycles. The molecule has 0 heterocycles. The first kappa shape index (κ1) is 26.6. The molecular formula is C24H32N4O6. The van der Waals surface area contributed by atoms with Gasteiger partial charge >= 0.3 is 0 Å². The molecule has 0 saturated heterocycles. The van der Waals surface area contributed by atoms with Gasteiger partial charge in [-0.25, -0.2) is 5.48 Å². The molecule has 3 atom stereocenters. The zero-order valence-electron chi connectivity index (χ0n) is 19.3. The first-order chi connectivity index (χ1) is 16.4. The van der Waals surface area contributed by atoms with Crippen molar-refractivity contribution in [2.24, 2.45) is 0 Å². The number of nitrogens with one attached hydrogen (secondary N) is 4. The molecule has 0 aromatic heterocycles. The van der Waals surface area contributed by atoms with E-state index in [1.807, 2.05) is 30.3 Å². The Kier molecular flexibility index (Phi) is 10.8. The van der Waals surface area contributed by atoms with Crippen LogP contribution in [-0.4, -0.2) is 59.9 Å². The number of hydrogen-bond donors (Lipinski definition) is 6. The third-order valence-corrected chi connectivity index (χ3v) is 5.08. The van der Waals surface area contributed by atoms with Crippen molar-refractivity contribution < 1.29 is 29.4 Å². The molecule has 3 amide bonds. The van der Waals surface area contributed by atoms with E-state index in [-0.39, 0.29) is 6.42 Å². The average Bonchev–Trinajstić information content (AvgIpc) is 2.87. The van der Waals surface area contributed by atoms with Crippen LogP contribution < -0.4 is 26.2 Å². The summed E-state index contributed by atoms with van der Waals surface area (Å²) in [5.41, 5.74) is 2.58. The summed E-state index contributed by atoms with van der Waals surface area (Å²) in [7, 11) is 1.44. The van der Waals surface area contributed by atoms with Gasteiger partial charge in [0.1, 0.15) is 17.8 Å². The molecule has 0 bridgehead atoms. The van der Waals surface area contributed by atoms with E-state index in [9.17, 15) is 19.5 Å². The fourth-order valence-corrected chi connectivity index (χ4v) is 3.16. The quantitative estimate of drug-likeness (QED) is 0.145. The Morgan fingerprint density at radius 3 is 2.24 bits per heavy atom. The van der Waals surface area contributed by atoms with Gasteiger partial charge in [0, 0.05) is 19.2 Å². The SMILES string of the molecule is CCCCOc1ccc(NC(C(=O)NC(Cc2ccccc2)C(=O)NC)C(O)C(=O)NO)cc1. The van der Waals surface area contributed by atoms with Crippen molar-refractivity contribution >= 4 is 23.4 Å². The maximum Gasteiger partial charge on any atom is 0.274 e. The predicted molar refractivity (Wildman–Crippen MR) is 126 cm³/mol. The van der Waals surface area contributed by atoms with Gasteiger partial charge in [0.05, 0.1) is 6.61 Å². The molecule has 34 heavy (non-hydrogen) atoms. The molecule has 10 nitrogen and oxygen atoms in total. The summed E-state index contributed by atoms with van der Waals surface area (Å²) in [6.07, 6.45) is 0.181. The lowest BCUT2D eigenvalue weighted by Gasteiger charge is -2.26. The highest BCUT2D eigenvalue weighted by atomic mass is 16.5. The van der Waals surface area contributed by atoms with Crippen molar-refractivity contribution in [1.29, 1.82) is 0 Å². The number of hydrogen-bond acceptors (Lipinski definition) is 7. The molecule has 2 rings (SSSR count). The summed E-state index contributed by atoms with van der Waals surface area (Å²) in [6, 6.07) is 13.3. The number of unbranched alkanes of at least 4 members (excludes halogenated alkanes) is 1. The van der Waals surface area contributed by atoms with Crippen LogP contribution in [0.4, 0.5) is 5.69 Å². The fraction of sp³-hybridized carbons (Fsp3) is 0.375. The normalized spacial score (nSPS) is 13.2. The summed E-state index contributed by atoms with van der Waals surface area (Å²) in [4.78, 5) is 37.4. The van der Waals surface area contributed by atoms with Crippen molar-refractivity contribution in [2.75, 3.05) is 19.0 Å². The second-order valence-corrected chi connectivity index (χ2v) is 7.63. The van der Waals surface area contributed by atoms with Gasteiger partial charge in [0.25, 0.3) is 5.91 Å². The van der Waals surface area contributed by atoms with Crippen LogP contribution in [0.2, 0.25) is 0 Å². The first-order valence-corrected chi connectivity index (χ1v) is 11.1. The van der Waals surface area contributed by atoms with E-state index >= 15 is 0 Å². The van der Waals surface area contributed by atoms with Gasteiger partial charge in [0.2, 0.25) is 11.8 Å². The number of carbonyl (C=O) groups excluding carboxylic acids is 3. The molecule has 184 valence electrons. The minimum Gasteiger partial charge on any atom is -0.494 e. The maximum atomic E-state index is 13.1. The first-order valence-electron chi connectivity index (χ1n) is 11.1. The molecule has 2 aromatic rings. The van der Waals surface area contributed by atoms with E-state index in [0.717, 1.165) is 18.4 Å². The van der Waals surface area contributed by atoms with Gasteiger partial charge in [-0.1, -0.05) is 43.7 Å². The topological polar surface area (TPSA) is 149 Å². The third kappa shape index (κ3) is 8.05. The number of rotatable bonds is 13. The monoisotopic (exact) mass is 472 g/mol. The highest BCUT2D eigenvalue weighted by Gasteiger charge is 2.34. The molecule has 0 saturated carbocycles. The van der Waals surface area contributed by atoms with Gasteiger partial charge < -0.3 is 25.8 Å². The fourth-order valence-electron chi connectivity index (χ4n) is 3.16. The van der Waals surface area contributed by atoms with E-state index in [1.165, 1.54) is 12.5 Å². The predicted octanol–water partition coefficient (Wildman–Crippen LogP) is 0.986. The lowest BCUT2D eigenvalue weighted by atomic mass is 10.0. The van der Waals surface area contributed by atoms with E-state index in [1.54, 1.807) is 24.3 Å². The van der Waals surface area contributed by atoms with Crippen LogP contribution in [-0.2, 0) is 20.8 Å². The van der Waals surface area contributed by atoms with Gasteiger partial charge in [-0.2, -0.15) is 0 Å². The number of ether oxygens (including phenoxy) is 1. The maximum absolute atomic E-state index is 13.1. The van der Waals surface area contributed by atoms with Crippen LogP contribution >= 0.6 is 0 Å². The number of benzene rings is 2. The largest absolute Gasteiger partial charge is 0.494 e. The Morgan fingerprint density at radius 2 is 1.65 bits per heavy atom. The zero-order chi connectivity index (χ0) is 24.9. The number of aliphatic hydroxyl groups excluding tert-OH is 1. The smallest absolute Gasteiger partial charge is 0.274 e. The highest BCUT2D eigenvalue weighted by molar-refractivity contribution is 5.96. The summed E-state index contributed by atoms with van der Waals surface area (Å²) in [5, 5.41) is 27.2. The Bertz CT molecular complexity index is 923. The summed E-state index contributed by atoms with van der Waals surface area (Å²) in [6.45, 7) is 2.63. The van der Waals surface area contributed by atoms with Crippen LogP contribution in [0, 0.1) is 0 Å². The van der Waals surface area contributed by atoms with Crippen LogP contribution in [0.3, 0.4) is 0 Å². The van der Waals surface area contributed by atoms with Crippen molar-refractivity contribution in [3.8, 4) is 5.75 Å². The lowest BCUT2D eigenvalue weighted by Crippen LogP contribution is -2.57. The zero-order valence-corrected chi connectivity index (χ0v) is 19.3. The number of aliphatic hydroxyl groups is 1. The van der Waals surface area contributed by atoms with Gasteiger partial charge in [-0.05, 0) is 36.2 Å². The molecule has 0 aliphatic rings. The van der Waals surface area contributed by atoms with Gasteiger partial charge in [-0.3, -0.25) is 19.6 Å². The minimum atomic E-state index is -1.94. The molecular weight excluding hydrogens is 440 g/mol. The highest BCUT2D eigenvalue weighted by Crippen LogP contribution is 2.18. The van der Waals surface area contributed by atoms with Crippen molar-refractivity contribution in [1.82, 2.24) is 16.1 Å². The molecule has 0 spiro atoms. The lowest BCUT2D eigenvalue weighted by molar-refractivity contribution is -0.142. The van der Waals surface area contributed by atoms with E-state index in [0.29, 0.717) is 18.0 Å². The van der Waals surface area contributed by atoms with E-state index in [2.05, 4.69) is 22.9 Å². The van der Waals surface area contributed by atoms with E-state index in [4.69, 9.17) is 9.94 Å². The van der Waals surface area contributed by atoms with Gasteiger partial charge in [0.15, 0.2) is 6.10 Å². The number of likely N-dealkylation sites (N-methyl/N-ethyl adjacent to an activating group) is 1. The van der Waals surface area contributed by atoms with E-state index < -0.39 is 35.9 Å². The number of anilines is 1. The second kappa shape index (κ2) is 13.8. The molecule has 0 fully saturated rings. The summed E-state index contributed by atoms with van der Waals surface area (Å²) in [5.74, 6) is -1.78. The summed E-state index contributed by atoms with van der Waals surface area (Å²) >= 11 is 0. The van der Waals surface area contributed by atoms with Crippen LogP contribution in [0.15, 0.2) is 54.6 Å². The van der Waals surface area contributed by atoms with Crippen molar-refractivity contribution in [3.63, 3.8) is 0 Å². The Labute approximate surface area is 198 Å². The molecule has 0 aliphatic carbocycles. The van der Waals surface area contributed by atoms with Crippen molar-refractivity contribution in [2.45, 2.75) is 44.4 Å². The number of carbonyl (C=O) groups is 3. The molecule has 6 N–H and O–H groups in total. The Hall–Kier alpha value is -3.63. The van der Waals surface area contributed by atoms with Crippen LogP contribution in [0.1, 0.15) is 25.3 Å². The van der Waals surface area contributed by atoms with Crippen LogP contribution in [0.25, 0.3) is 0 Å². The third-order valence-electron chi connectivity index (χ3n) is 5.08. The van der Waals surface area contributed by atoms with Crippen molar-refractivity contribution in [3.05, 3.63) is 60.2 Å². The Balaban J connectivity index is 2.18. The summed E-state index contributed by atoms with van der Waals surface area (Å²) < 4.78 is 5.61. The van der Waals surface area contributed by atoms with Crippen LogP contribution in [0.5, 0.6) is 5.75 Å². The average molecular weight is 473 g/mol. The second-order valence-electron chi connectivity index (χ2n) is 7.63. The van der Waals surface area contributed by atoms with Gasteiger partial charge in [-0.15, -0.1) is 0 Å². The number of amides is 3. The minimum absolute atomic E-state index is 0.199.